The van der Waals surface area contributed by atoms with Crippen LogP contribution >= 0.6 is 11.6 Å². The molecule has 4 rings (SSSR count). The minimum atomic E-state index is -4.78. The fraction of sp³-hybridized carbons (Fsp3) is 0.333. The van der Waals surface area contributed by atoms with Gasteiger partial charge in [0.15, 0.2) is 0 Å². The van der Waals surface area contributed by atoms with Crippen LogP contribution in [0.2, 0.25) is 5.02 Å². The summed E-state index contributed by atoms with van der Waals surface area (Å²) in [4.78, 5) is 18.5. The monoisotopic (exact) mass is 781 g/mol. The largest absolute Gasteiger partial charge is 0.497 e. The number of benzene rings is 3. The Bertz CT molecular complexity index is 2030. The number of anilines is 4. The number of aromatic nitrogens is 1. The summed E-state index contributed by atoms with van der Waals surface area (Å²) in [5, 5.41) is 2.70. The molecule has 286 valence electrons. The molecule has 1 aromatic heterocycles. The molecule has 3 aromatic carbocycles. The van der Waals surface area contributed by atoms with Gasteiger partial charge in [0.1, 0.15) is 39.4 Å². The lowest BCUT2D eigenvalue weighted by molar-refractivity contribution is 0.0303. The van der Waals surface area contributed by atoms with E-state index in [1.165, 1.54) is 50.4 Å². The van der Waals surface area contributed by atoms with Crippen molar-refractivity contribution in [2.45, 2.75) is 44.2 Å². The van der Waals surface area contributed by atoms with Crippen molar-refractivity contribution in [1.82, 2.24) is 9.88 Å². The van der Waals surface area contributed by atoms with Crippen molar-refractivity contribution in [1.29, 1.82) is 0 Å². The second kappa shape index (κ2) is 16.8. The number of sulfonamides is 1. The zero-order valence-corrected chi connectivity index (χ0v) is 31.7. The normalized spacial score (nSPS) is 11.6. The summed E-state index contributed by atoms with van der Waals surface area (Å²) >= 11 is 6.57. The van der Waals surface area contributed by atoms with Crippen molar-refractivity contribution < 1.29 is 45.0 Å². The molecule has 1 heterocycles. The lowest BCUT2D eigenvalue weighted by Crippen LogP contribution is -2.38. The number of nitrogens with one attached hydrogen (secondary N) is 1. The van der Waals surface area contributed by atoms with Gasteiger partial charge in [-0.2, -0.15) is 0 Å². The highest BCUT2D eigenvalue weighted by atomic mass is 35.5. The number of pyridine rings is 1. The van der Waals surface area contributed by atoms with Crippen molar-refractivity contribution in [2.75, 3.05) is 55.9 Å². The minimum Gasteiger partial charge on any atom is -0.497 e. The molecule has 0 bridgehead atoms. The molecule has 0 spiro atoms. The minimum absolute atomic E-state index is 0.0725. The van der Waals surface area contributed by atoms with Crippen LogP contribution in [0.25, 0.3) is 0 Å². The standard InChI is InChI=1S/C36H40ClF4N5O6S/c1-36(2,3)52-35(47)45(5)15-14-44(4)30-16-22(34(40)41)9-12-28(30)43-29-19-27(39)32(18-26(29)37)53(48,49)46(33-13-10-24(38)20-42-33)21-23-8-11-25(50-6)17-31(23)51-7/h8-13,16-20,34,43H,14-15,21H2,1-7H3. The smallest absolute Gasteiger partial charge is 0.410 e. The average molecular weight is 782 g/mol. The number of methoxy groups -OCH3 is 2. The predicted octanol–water partition coefficient (Wildman–Crippen LogP) is 8.41. The number of carbonyl (C=O) groups excluding carboxylic acids is 1. The molecule has 0 unspecified atom stereocenters. The molecule has 0 aliphatic carbocycles. The molecule has 0 aliphatic heterocycles. The molecule has 53 heavy (non-hydrogen) atoms. The lowest BCUT2D eigenvalue weighted by Gasteiger charge is -2.28. The van der Waals surface area contributed by atoms with Crippen LogP contribution < -0.4 is 24.0 Å². The van der Waals surface area contributed by atoms with Crippen molar-refractivity contribution >= 4 is 50.6 Å². The van der Waals surface area contributed by atoms with Crippen LogP contribution in [0.15, 0.2) is 71.8 Å². The number of hydrogen-bond acceptors (Lipinski definition) is 9. The Balaban J connectivity index is 1.69. The van der Waals surface area contributed by atoms with E-state index in [9.17, 15) is 26.4 Å². The Hall–Kier alpha value is -4.96. The van der Waals surface area contributed by atoms with E-state index in [4.69, 9.17) is 25.8 Å². The van der Waals surface area contributed by atoms with E-state index < -0.39 is 51.2 Å². The van der Waals surface area contributed by atoms with Gasteiger partial charge in [0.2, 0.25) is 0 Å². The first-order valence-corrected chi connectivity index (χ1v) is 17.8. The Morgan fingerprint density at radius 2 is 1.66 bits per heavy atom. The van der Waals surface area contributed by atoms with Crippen LogP contribution in [-0.2, 0) is 21.3 Å². The molecule has 1 N–H and O–H groups in total. The third-order valence-electron chi connectivity index (χ3n) is 7.80. The summed E-state index contributed by atoms with van der Waals surface area (Å²) < 4.78 is 103. The number of amides is 1. The first-order valence-electron chi connectivity index (χ1n) is 16.0. The first kappa shape index (κ1) is 40.8. The SMILES string of the molecule is COc1ccc(CN(c2ccc(F)cn2)S(=O)(=O)c2cc(Cl)c(Nc3ccc(C(F)F)cc3N(C)CCN(C)C(=O)OC(C)(C)C)cc2F)c(OC)c1. The molecule has 0 saturated heterocycles. The lowest BCUT2D eigenvalue weighted by atomic mass is 10.1. The second-order valence-corrected chi connectivity index (χ2v) is 15.1. The van der Waals surface area contributed by atoms with Gasteiger partial charge >= 0.3 is 6.09 Å². The van der Waals surface area contributed by atoms with Crippen LogP contribution in [0.3, 0.4) is 0 Å². The van der Waals surface area contributed by atoms with Crippen LogP contribution in [0.4, 0.5) is 45.2 Å². The van der Waals surface area contributed by atoms with E-state index in [-0.39, 0.29) is 52.3 Å². The van der Waals surface area contributed by atoms with Gasteiger partial charge < -0.3 is 29.3 Å². The number of halogens is 5. The molecule has 0 fully saturated rings. The summed E-state index contributed by atoms with van der Waals surface area (Å²) in [5.41, 5.74) is -0.234. The quantitative estimate of drug-likeness (QED) is 0.126. The highest BCUT2D eigenvalue weighted by molar-refractivity contribution is 7.92. The summed E-state index contributed by atoms with van der Waals surface area (Å²) in [6.45, 7) is 5.13. The van der Waals surface area contributed by atoms with E-state index in [1.807, 2.05) is 0 Å². The predicted molar refractivity (Wildman–Crippen MR) is 195 cm³/mol. The van der Waals surface area contributed by atoms with Crippen molar-refractivity contribution in [2.24, 2.45) is 0 Å². The molecule has 11 nitrogen and oxygen atoms in total. The molecule has 17 heteroatoms. The Morgan fingerprint density at radius 1 is 0.943 bits per heavy atom. The molecular formula is C36H40ClF4N5O6S. The maximum atomic E-state index is 16.0. The van der Waals surface area contributed by atoms with Gasteiger partial charge in [-0.3, -0.25) is 0 Å². The number of alkyl halides is 2. The van der Waals surface area contributed by atoms with Gasteiger partial charge in [-0.15, -0.1) is 0 Å². The number of nitrogens with zero attached hydrogens (tertiary/aromatic N) is 4. The number of rotatable bonds is 14. The van der Waals surface area contributed by atoms with Gasteiger partial charge in [0.05, 0.1) is 49.0 Å². The number of hydrogen-bond donors (Lipinski definition) is 1. The Morgan fingerprint density at radius 3 is 2.26 bits per heavy atom. The van der Waals surface area contributed by atoms with E-state index in [2.05, 4.69) is 10.3 Å². The molecule has 0 aliphatic rings. The third kappa shape index (κ3) is 10.1. The van der Waals surface area contributed by atoms with Crippen molar-refractivity contribution in [3.63, 3.8) is 0 Å². The second-order valence-electron chi connectivity index (χ2n) is 12.8. The van der Waals surface area contributed by atoms with Crippen LogP contribution in [0.5, 0.6) is 11.5 Å². The molecule has 0 atom stereocenters. The van der Waals surface area contributed by atoms with E-state index in [0.29, 0.717) is 11.3 Å². The van der Waals surface area contributed by atoms with Gasteiger partial charge in [-0.25, -0.2) is 40.1 Å². The maximum absolute atomic E-state index is 16.0. The summed E-state index contributed by atoms with van der Waals surface area (Å²) in [7, 11) is 1.20. The zero-order valence-electron chi connectivity index (χ0n) is 30.1. The Kier molecular flexibility index (Phi) is 12.9. The van der Waals surface area contributed by atoms with E-state index >= 15 is 4.39 Å². The van der Waals surface area contributed by atoms with Gasteiger partial charge in [0.25, 0.3) is 16.4 Å². The summed E-state index contributed by atoms with van der Waals surface area (Å²) in [5.74, 6) is -1.44. The van der Waals surface area contributed by atoms with Gasteiger partial charge in [-0.1, -0.05) is 17.7 Å². The van der Waals surface area contributed by atoms with Crippen LogP contribution in [0.1, 0.15) is 38.3 Å². The fourth-order valence-corrected chi connectivity index (χ4v) is 6.73. The molecule has 4 aromatic rings. The fourth-order valence-electron chi connectivity index (χ4n) is 4.99. The number of ether oxygens (including phenoxy) is 3. The van der Waals surface area contributed by atoms with Crippen molar-refractivity contribution in [3.8, 4) is 11.5 Å². The molecule has 0 saturated carbocycles. The summed E-state index contributed by atoms with van der Waals surface area (Å²) in [6.07, 6.45) is -2.55. The first-order chi connectivity index (χ1) is 24.8. The zero-order chi connectivity index (χ0) is 39.2. The van der Waals surface area contributed by atoms with E-state index in [0.717, 1.165) is 34.8 Å². The third-order valence-corrected chi connectivity index (χ3v) is 9.87. The van der Waals surface area contributed by atoms with Gasteiger partial charge in [-0.05, 0) is 63.2 Å². The van der Waals surface area contributed by atoms with Crippen LogP contribution in [-0.4, -0.2) is 71.4 Å². The highest BCUT2D eigenvalue weighted by Gasteiger charge is 2.31. The highest BCUT2D eigenvalue weighted by Crippen LogP contribution is 2.38. The topological polar surface area (TPSA) is 114 Å². The summed E-state index contributed by atoms with van der Waals surface area (Å²) in [6, 6.07) is 12.4. The van der Waals surface area contributed by atoms with Crippen LogP contribution in [0, 0.1) is 11.6 Å². The van der Waals surface area contributed by atoms with E-state index in [1.54, 1.807) is 44.9 Å². The Labute approximate surface area is 311 Å². The molecule has 1 amide bonds. The molecule has 0 radical (unpaired) electrons. The number of carbonyl (C=O) groups is 1. The molecular weight excluding hydrogens is 742 g/mol. The number of likely N-dealkylation sites (N-methyl/N-ethyl adjacent to an activating group) is 2. The van der Waals surface area contributed by atoms with Crippen molar-refractivity contribution in [3.05, 3.63) is 94.6 Å². The van der Waals surface area contributed by atoms with Gasteiger partial charge in [0, 0.05) is 50.4 Å². The average Bonchev–Trinajstić information content (AvgIpc) is 3.10. The maximum Gasteiger partial charge on any atom is 0.410 e.